The number of hydrogen-bond acceptors (Lipinski definition) is 5. The van der Waals surface area contributed by atoms with E-state index in [1.165, 1.54) is 32.4 Å². The van der Waals surface area contributed by atoms with Crippen LogP contribution in [0.15, 0.2) is 52.3 Å². The molecule has 9 heteroatoms. The molecule has 1 N–H and O–H groups in total. The van der Waals surface area contributed by atoms with Crippen LogP contribution in [0.2, 0.25) is 0 Å². The van der Waals surface area contributed by atoms with E-state index in [0.29, 0.717) is 34.7 Å². The minimum Gasteiger partial charge on any atom is -0.497 e. The number of aromatic amines is 1. The first kappa shape index (κ1) is 21.5. The van der Waals surface area contributed by atoms with E-state index < -0.39 is 11.7 Å². The first-order valence-corrected chi connectivity index (χ1v) is 9.63. The van der Waals surface area contributed by atoms with Crippen molar-refractivity contribution in [3.05, 3.63) is 74.7 Å². The number of halogens is 3. The Morgan fingerprint density at radius 1 is 1.03 bits per heavy atom. The van der Waals surface area contributed by atoms with Gasteiger partial charge < -0.3 is 19.2 Å². The average Bonchev–Trinajstić information content (AvgIpc) is 3.24. The molecule has 6 nitrogen and oxygen atoms in total. The maximum atomic E-state index is 13.4. The summed E-state index contributed by atoms with van der Waals surface area (Å²) in [6, 6.07) is 9.97. The predicted octanol–water partition coefficient (Wildman–Crippen LogP) is 3.07. The van der Waals surface area contributed by atoms with Crippen molar-refractivity contribution < 1.29 is 27.4 Å². The number of nitrogens with zero attached hydrogens (tertiary/aromatic N) is 1. The lowest BCUT2D eigenvalue weighted by Crippen LogP contribution is -2.33. The summed E-state index contributed by atoms with van der Waals surface area (Å²) >= 11 is 0. The van der Waals surface area contributed by atoms with Crippen molar-refractivity contribution in [2.75, 3.05) is 20.8 Å². The zero-order valence-corrected chi connectivity index (χ0v) is 17.2. The molecule has 4 rings (SSSR count). The highest BCUT2D eigenvalue weighted by molar-refractivity contribution is 5.68. The van der Waals surface area contributed by atoms with Gasteiger partial charge in [-0.2, -0.15) is 13.2 Å². The summed E-state index contributed by atoms with van der Waals surface area (Å²) in [5.41, 5.74) is 0.752. The van der Waals surface area contributed by atoms with Crippen molar-refractivity contribution in [3.63, 3.8) is 0 Å². The van der Waals surface area contributed by atoms with E-state index in [9.17, 15) is 18.0 Å². The lowest BCUT2D eigenvalue weighted by atomic mass is 10.0. The van der Waals surface area contributed by atoms with Crippen molar-refractivity contribution in [1.29, 1.82) is 0 Å². The van der Waals surface area contributed by atoms with Gasteiger partial charge in [0, 0.05) is 16.8 Å². The van der Waals surface area contributed by atoms with E-state index in [1.807, 2.05) is 6.08 Å². The minimum atomic E-state index is -4.53. The van der Waals surface area contributed by atoms with Crippen molar-refractivity contribution in [2.45, 2.75) is 12.8 Å². The molecule has 166 valence electrons. The third-order valence-electron chi connectivity index (χ3n) is 5.08. The number of benzene rings is 2. The van der Waals surface area contributed by atoms with E-state index in [4.69, 9.17) is 14.2 Å². The minimum absolute atomic E-state index is 0.0633. The van der Waals surface area contributed by atoms with E-state index >= 15 is 0 Å². The van der Waals surface area contributed by atoms with Gasteiger partial charge in [0.25, 0.3) is 0 Å². The van der Waals surface area contributed by atoms with E-state index in [-0.39, 0.29) is 23.5 Å². The molecule has 32 heavy (non-hydrogen) atoms. The predicted molar refractivity (Wildman–Crippen MR) is 111 cm³/mol. The summed E-state index contributed by atoms with van der Waals surface area (Å²) in [6.45, 7) is 0.136. The van der Waals surface area contributed by atoms with Crippen LogP contribution in [0.3, 0.4) is 0 Å². The number of alkyl halides is 3. The van der Waals surface area contributed by atoms with Crippen LogP contribution in [-0.2, 0) is 12.8 Å². The molecule has 0 aliphatic carbocycles. The molecule has 0 bridgehead atoms. The Morgan fingerprint density at radius 2 is 1.84 bits per heavy atom. The number of nitrogens with one attached hydrogen (secondary N) is 1. The fraction of sp³-hybridized carbons (Fsp3) is 0.217. The van der Waals surface area contributed by atoms with Crippen LogP contribution in [0.1, 0.15) is 11.1 Å². The van der Waals surface area contributed by atoms with Crippen molar-refractivity contribution >= 4 is 6.08 Å². The Morgan fingerprint density at radius 3 is 2.56 bits per heavy atom. The lowest BCUT2D eigenvalue weighted by molar-refractivity contribution is -0.138. The Hall–Kier alpha value is -3.75. The molecule has 2 heterocycles. The molecular weight excluding hydrogens is 425 g/mol. The maximum absolute atomic E-state index is 13.4. The van der Waals surface area contributed by atoms with Gasteiger partial charge in [-0.25, -0.2) is 0 Å². The fourth-order valence-corrected chi connectivity index (χ4v) is 3.56. The highest BCUT2D eigenvalue weighted by Crippen LogP contribution is 2.36. The number of hydrogen-bond donors (Lipinski definition) is 1. The Kier molecular flexibility index (Phi) is 5.65. The van der Waals surface area contributed by atoms with Gasteiger partial charge in [0.2, 0.25) is 5.56 Å². The second-order valence-electron chi connectivity index (χ2n) is 7.03. The smallest absolute Gasteiger partial charge is 0.416 e. The second-order valence-corrected chi connectivity index (χ2v) is 7.03. The highest BCUT2D eigenvalue weighted by Gasteiger charge is 2.33. The molecule has 0 fully saturated rings. The molecule has 1 aliphatic heterocycles. The van der Waals surface area contributed by atoms with Gasteiger partial charge in [-0.05, 0) is 41.5 Å². The van der Waals surface area contributed by atoms with Crippen LogP contribution < -0.4 is 30.5 Å². The first-order chi connectivity index (χ1) is 15.3. The SMILES string of the molecule is COc1ccc(C(F)(F)F)c(COc2ccc(-c3cc(=O)[nH]c4c3=CCN=4)cc2OC)c1. The molecule has 1 aromatic heterocycles. The number of pyridine rings is 1. The van der Waals surface area contributed by atoms with E-state index in [0.717, 1.165) is 11.3 Å². The molecule has 0 spiro atoms. The van der Waals surface area contributed by atoms with Gasteiger partial charge in [0.15, 0.2) is 11.5 Å². The first-order valence-electron chi connectivity index (χ1n) is 9.63. The molecular formula is C23H19F3N2O4. The molecule has 0 atom stereocenters. The van der Waals surface area contributed by atoms with Crippen LogP contribution in [0.5, 0.6) is 17.2 Å². The average molecular weight is 444 g/mol. The van der Waals surface area contributed by atoms with Crippen molar-refractivity contribution in [3.8, 4) is 28.4 Å². The topological polar surface area (TPSA) is 72.9 Å². The zero-order valence-electron chi connectivity index (χ0n) is 17.2. The third kappa shape index (κ3) is 4.18. The number of H-pyrrole nitrogens is 1. The van der Waals surface area contributed by atoms with Crippen LogP contribution in [0.25, 0.3) is 17.2 Å². The van der Waals surface area contributed by atoms with E-state index in [2.05, 4.69) is 9.98 Å². The van der Waals surface area contributed by atoms with Crippen molar-refractivity contribution in [1.82, 2.24) is 4.98 Å². The monoisotopic (exact) mass is 444 g/mol. The van der Waals surface area contributed by atoms with Crippen LogP contribution >= 0.6 is 0 Å². The maximum Gasteiger partial charge on any atom is 0.416 e. The van der Waals surface area contributed by atoms with Gasteiger partial charge in [0.05, 0.1) is 26.3 Å². The van der Waals surface area contributed by atoms with Gasteiger partial charge in [0.1, 0.15) is 17.8 Å². The standard InChI is InChI=1S/C23H19F3N2O4/c1-30-15-4-5-18(23(24,25)26)14(9-15)12-32-19-6-3-13(10-20(19)31-2)17-11-21(29)28-22-16(17)7-8-27-22/h3-7,9-11H,8,12H2,1-2H3,(H,27,28,29). The summed E-state index contributed by atoms with van der Waals surface area (Å²) in [6.07, 6.45) is -2.62. The summed E-state index contributed by atoms with van der Waals surface area (Å²) in [4.78, 5) is 18.9. The quantitative estimate of drug-likeness (QED) is 0.634. The van der Waals surface area contributed by atoms with Crippen LogP contribution in [-0.4, -0.2) is 25.7 Å². The lowest BCUT2D eigenvalue weighted by Gasteiger charge is -2.16. The molecule has 0 unspecified atom stereocenters. The van der Waals surface area contributed by atoms with Crippen LogP contribution in [0.4, 0.5) is 13.2 Å². The second kappa shape index (κ2) is 8.41. The van der Waals surface area contributed by atoms with Gasteiger partial charge in [-0.3, -0.25) is 9.79 Å². The van der Waals surface area contributed by atoms with Gasteiger partial charge in [-0.1, -0.05) is 12.1 Å². The van der Waals surface area contributed by atoms with Crippen LogP contribution in [0, 0.1) is 0 Å². The molecule has 0 radical (unpaired) electrons. The number of ether oxygens (including phenoxy) is 3. The third-order valence-corrected chi connectivity index (χ3v) is 5.08. The molecule has 2 aromatic carbocycles. The molecule has 0 saturated carbocycles. The Bertz CT molecular complexity index is 1350. The summed E-state index contributed by atoms with van der Waals surface area (Å²) < 4.78 is 56.3. The highest BCUT2D eigenvalue weighted by atomic mass is 19.4. The Labute approximate surface area is 180 Å². The molecule has 3 aromatic rings. The number of methoxy groups -OCH3 is 2. The Balaban J connectivity index is 1.67. The number of rotatable bonds is 6. The van der Waals surface area contributed by atoms with Gasteiger partial charge >= 0.3 is 6.18 Å². The summed E-state index contributed by atoms with van der Waals surface area (Å²) in [7, 11) is 2.81. The number of fused-ring (bicyclic) bond motifs is 1. The summed E-state index contributed by atoms with van der Waals surface area (Å²) in [5.74, 6) is 0.883. The normalized spacial score (nSPS) is 12.5. The van der Waals surface area contributed by atoms with Gasteiger partial charge in [-0.15, -0.1) is 0 Å². The van der Waals surface area contributed by atoms with E-state index in [1.54, 1.807) is 18.2 Å². The van der Waals surface area contributed by atoms with Crippen molar-refractivity contribution in [2.24, 2.45) is 4.99 Å². The number of aromatic nitrogens is 1. The zero-order chi connectivity index (χ0) is 22.9. The largest absolute Gasteiger partial charge is 0.497 e. The summed E-state index contributed by atoms with van der Waals surface area (Å²) in [5, 5.41) is 0.812. The molecule has 0 amide bonds. The fourth-order valence-electron chi connectivity index (χ4n) is 3.56. The molecule has 1 aliphatic rings. The molecule has 0 saturated heterocycles.